The second-order valence-corrected chi connectivity index (χ2v) is 5.35. The molecule has 0 saturated carbocycles. The average molecular weight is 233 g/mol. The maximum absolute atomic E-state index is 11.4. The van der Waals surface area contributed by atoms with Crippen LogP contribution in [0.3, 0.4) is 0 Å². The van der Waals surface area contributed by atoms with Gasteiger partial charge < -0.3 is 4.81 Å². The third-order valence-electron chi connectivity index (χ3n) is 3.15. The van der Waals surface area contributed by atoms with Gasteiger partial charge in [-0.25, -0.2) is 0 Å². The van der Waals surface area contributed by atoms with Crippen LogP contribution in [0, 0.1) is 0 Å². The maximum atomic E-state index is 11.4. The SMILES string of the molecule is [B]N1C(=O)CCCC1CCCc1cccs1. The fourth-order valence-corrected chi connectivity index (χ4v) is 2.96. The Morgan fingerprint density at radius 2 is 2.44 bits per heavy atom. The molecule has 0 bridgehead atoms. The lowest BCUT2D eigenvalue weighted by molar-refractivity contribution is -0.130. The molecule has 16 heavy (non-hydrogen) atoms. The van der Waals surface area contributed by atoms with Gasteiger partial charge in [-0.2, -0.15) is 0 Å². The van der Waals surface area contributed by atoms with E-state index in [4.69, 9.17) is 7.98 Å². The number of rotatable bonds is 4. The second-order valence-electron chi connectivity index (χ2n) is 4.32. The Labute approximate surface area is 102 Å². The van der Waals surface area contributed by atoms with E-state index < -0.39 is 0 Å². The van der Waals surface area contributed by atoms with Crippen molar-refractivity contribution in [1.82, 2.24) is 4.81 Å². The molecule has 2 nitrogen and oxygen atoms in total. The summed E-state index contributed by atoms with van der Waals surface area (Å²) in [5.74, 6) is 0.104. The summed E-state index contributed by atoms with van der Waals surface area (Å²) in [4.78, 5) is 14.3. The minimum atomic E-state index is 0.104. The van der Waals surface area contributed by atoms with E-state index in [1.165, 1.54) is 9.69 Å². The number of hydrogen-bond acceptors (Lipinski definition) is 2. The Bertz CT molecular complexity index is 339. The van der Waals surface area contributed by atoms with Gasteiger partial charge in [0, 0.05) is 17.3 Å². The highest BCUT2D eigenvalue weighted by Crippen LogP contribution is 2.21. The Balaban J connectivity index is 1.75. The molecule has 84 valence electrons. The summed E-state index contributed by atoms with van der Waals surface area (Å²) in [7, 11) is 5.77. The van der Waals surface area contributed by atoms with Crippen LogP contribution in [0.15, 0.2) is 17.5 Å². The van der Waals surface area contributed by atoms with Gasteiger partial charge in [-0.3, -0.25) is 4.79 Å². The average Bonchev–Trinajstić information content (AvgIpc) is 2.77. The van der Waals surface area contributed by atoms with Gasteiger partial charge in [0.2, 0.25) is 13.9 Å². The van der Waals surface area contributed by atoms with Crippen molar-refractivity contribution in [2.75, 3.05) is 0 Å². The van der Waals surface area contributed by atoms with Crippen LogP contribution >= 0.6 is 11.3 Å². The minimum Gasteiger partial charge on any atom is -0.394 e. The van der Waals surface area contributed by atoms with E-state index in [9.17, 15) is 4.79 Å². The molecule has 1 aromatic rings. The first kappa shape index (κ1) is 11.7. The summed E-state index contributed by atoms with van der Waals surface area (Å²) in [6.07, 6.45) is 5.93. The van der Waals surface area contributed by atoms with Crippen LogP contribution in [0.25, 0.3) is 0 Å². The molecule has 2 rings (SSSR count). The van der Waals surface area contributed by atoms with Crippen molar-refractivity contribution in [3.63, 3.8) is 0 Å². The molecule has 2 heterocycles. The largest absolute Gasteiger partial charge is 0.394 e. The van der Waals surface area contributed by atoms with Crippen molar-refractivity contribution in [2.24, 2.45) is 0 Å². The van der Waals surface area contributed by atoms with Crippen molar-refractivity contribution in [3.8, 4) is 0 Å². The zero-order valence-electron chi connectivity index (χ0n) is 9.39. The van der Waals surface area contributed by atoms with Gasteiger partial charge in [-0.05, 0) is 43.6 Å². The zero-order valence-corrected chi connectivity index (χ0v) is 10.2. The number of carbonyl (C=O) groups is 1. The van der Waals surface area contributed by atoms with E-state index in [1.54, 1.807) is 11.3 Å². The molecule has 1 saturated heterocycles. The lowest BCUT2D eigenvalue weighted by atomic mass is 9.94. The number of hydrogen-bond donors (Lipinski definition) is 0. The molecule has 0 spiro atoms. The highest BCUT2D eigenvalue weighted by atomic mass is 32.1. The van der Waals surface area contributed by atoms with Crippen LogP contribution in [0.5, 0.6) is 0 Å². The molecule has 0 aliphatic carbocycles. The standard InChI is InChI=1S/C12H16BNOS/c13-14-10(5-2-8-12(14)15)4-1-6-11-7-3-9-16-11/h3,7,9-10H,1-2,4-6,8H2. The highest BCUT2D eigenvalue weighted by molar-refractivity contribution is 7.09. The smallest absolute Gasteiger partial charge is 0.230 e. The molecule has 4 heteroatoms. The molecule has 1 fully saturated rings. The molecule has 1 aliphatic heterocycles. The summed E-state index contributed by atoms with van der Waals surface area (Å²) >= 11 is 1.80. The number of carbonyl (C=O) groups excluding carboxylic acids is 1. The maximum Gasteiger partial charge on any atom is 0.230 e. The summed E-state index contributed by atoms with van der Waals surface area (Å²) in [6, 6.07) is 4.51. The van der Waals surface area contributed by atoms with Crippen molar-refractivity contribution < 1.29 is 4.79 Å². The monoisotopic (exact) mass is 233 g/mol. The van der Waals surface area contributed by atoms with E-state index in [1.807, 2.05) is 0 Å². The van der Waals surface area contributed by atoms with Gasteiger partial charge in [0.15, 0.2) is 0 Å². The van der Waals surface area contributed by atoms with Gasteiger partial charge in [0.05, 0.1) is 0 Å². The first-order valence-corrected chi connectivity index (χ1v) is 6.74. The number of aryl methyl sites for hydroxylation is 1. The predicted octanol–water partition coefficient (Wildman–Crippen LogP) is 2.54. The van der Waals surface area contributed by atoms with E-state index in [0.717, 1.165) is 32.1 Å². The fraction of sp³-hybridized carbons (Fsp3) is 0.583. The lowest BCUT2D eigenvalue weighted by Gasteiger charge is -2.33. The Kier molecular flexibility index (Phi) is 4.05. The lowest BCUT2D eigenvalue weighted by Crippen LogP contribution is -2.41. The van der Waals surface area contributed by atoms with Crippen molar-refractivity contribution in [1.29, 1.82) is 0 Å². The molecule has 1 aromatic heterocycles. The molecule has 1 aliphatic rings. The van der Waals surface area contributed by atoms with Crippen LogP contribution in [0.1, 0.15) is 37.0 Å². The van der Waals surface area contributed by atoms with Gasteiger partial charge in [0.25, 0.3) is 0 Å². The highest BCUT2D eigenvalue weighted by Gasteiger charge is 2.23. The normalized spacial score (nSPS) is 21.4. The first-order valence-electron chi connectivity index (χ1n) is 5.86. The van der Waals surface area contributed by atoms with Gasteiger partial charge in [-0.1, -0.05) is 6.07 Å². The van der Waals surface area contributed by atoms with Crippen LogP contribution in [-0.2, 0) is 11.2 Å². The van der Waals surface area contributed by atoms with Crippen molar-refractivity contribution in [2.45, 2.75) is 44.6 Å². The summed E-state index contributed by atoms with van der Waals surface area (Å²) in [6.45, 7) is 0. The van der Waals surface area contributed by atoms with Crippen molar-refractivity contribution >= 4 is 25.2 Å². The minimum absolute atomic E-state index is 0.104. The Morgan fingerprint density at radius 3 is 3.19 bits per heavy atom. The van der Waals surface area contributed by atoms with Gasteiger partial charge in [0.1, 0.15) is 0 Å². The fourth-order valence-electron chi connectivity index (χ4n) is 2.21. The van der Waals surface area contributed by atoms with Gasteiger partial charge in [-0.15, -0.1) is 11.3 Å². The Hall–Kier alpha value is -0.765. The summed E-state index contributed by atoms with van der Waals surface area (Å²) < 4.78 is 0. The predicted molar refractivity (Wildman–Crippen MR) is 67.5 cm³/mol. The third kappa shape index (κ3) is 2.88. The molecule has 1 unspecified atom stereocenters. The first-order chi connectivity index (χ1) is 7.77. The van der Waals surface area contributed by atoms with E-state index in [2.05, 4.69) is 17.5 Å². The molecule has 1 amide bonds. The van der Waals surface area contributed by atoms with Crippen molar-refractivity contribution in [3.05, 3.63) is 22.4 Å². The number of amides is 1. The summed E-state index contributed by atoms with van der Waals surface area (Å²) in [5, 5.41) is 2.11. The van der Waals surface area contributed by atoms with Crippen LogP contribution in [-0.4, -0.2) is 24.7 Å². The molecule has 0 aromatic carbocycles. The molecular formula is C12H16BNOS. The molecule has 2 radical (unpaired) electrons. The van der Waals surface area contributed by atoms with E-state index in [0.29, 0.717) is 6.42 Å². The van der Waals surface area contributed by atoms with Crippen LogP contribution < -0.4 is 0 Å². The van der Waals surface area contributed by atoms with Crippen LogP contribution in [0.2, 0.25) is 0 Å². The molecule has 1 atom stereocenters. The number of nitrogens with zero attached hydrogens (tertiary/aromatic N) is 1. The molecule has 0 N–H and O–H groups in total. The van der Waals surface area contributed by atoms with E-state index >= 15 is 0 Å². The van der Waals surface area contributed by atoms with Crippen LogP contribution in [0.4, 0.5) is 0 Å². The Morgan fingerprint density at radius 1 is 1.56 bits per heavy atom. The topological polar surface area (TPSA) is 20.3 Å². The third-order valence-corrected chi connectivity index (χ3v) is 4.09. The van der Waals surface area contributed by atoms with Gasteiger partial charge >= 0.3 is 0 Å². The summed E-state index contributed by atoms with van der Waals surface area (Å²) in [5.41, 5.74) is 0. The second kappa shape index (κ2) is 5.53. The quantitative estimate of drug-likeness (QED) is 0.732. The zero-order chi connectivity index (χ0) is 11.4. The van der Waals surface area contributed by atoms with E-state index in [-0.39, 0.29) is 11.9 Å². The molecular weight excluding hydrogens is 217 g/mol. The number of piperidine rings is 1. The number of thiophene rings is 1.